The Morgan fingerprint density at radius 3 is 1.47 bits per heavy atom. The number of nitrogens with zero attached hydrogens (tertiary/aromatic N) is 4. The van der Waals surface area contributed by atoms with E-state index in [1.165, 1.54) is 38.2 Å². The second kappa shape index (κ2) is 55.0. The maximum atomic E-state index is 15.6. The number of Topliss-reactive ketones (excluding diaryl/α,β-unsaturated/α-hetero) is 1. The van der Waals surface area contributed by atoms with Gasteiger partial charge in [-0.05, 0) is 127 Å². The molecule has 764 valence electrons. The largest absolute Gasteiger partial charge is 0.492 e. The van der Waals surface area contributed by atoms with Gasteiger partial charge in [0.25, 0.3) is 0 Å². The minimum Gasteiger partial charge on any atom is -0.492 e. The summed E-state index contributed by atoms with van der Waals surface area (Å²) in [5.41, 5.74) is 18.4. The van der Waals surface area contributed by atoms with Gasteiger partial charge in [-0.3, -0.25) is 81.5 Å². The van der Waals surface area contributed by atoms with Gasteiger partial charge in [-0.15, -0.1) is 22.0 Å². The van der Waals surface area contributed by atoms with E-state index in [1.807, 2.05) is 42.5 Å². The number of aromatic carboxylic acids is 1. The first-order valence-electron chi connectivity index (χ1n) is 46.8. The fraction of sp³-hybridized carbons (Fsp3) is 0.500. The van der Waals surface area contributed by atoms with Crippen LogP contribution >= 0.6 is 11.8 Å². The van der Waals surface area contributed by atoms with Gasteiger partial charge in [0, 0.05) is 63.8 Å². The number of ketones is 1. The molecule has 0 unspecified atom stereocenters. The number of rotatable bonds is 29. The zero-order valence-electron chi connectivity index (χ0n) is 81.9. The summed E-state index contributed by atoms with van der Waals surface area (Å²) in [4.78, 5) is 263. The van der Waals surface area contributed by atoms with Crippen LogP contribution in [0.1, 0.15) is 159 Å². The van der Waals surface area contributed by atoms with Crippen molar-refractivity contribution < 1.29 is 101 Å². The number of H-pyrrole nitrogens is 1. The third-order valence-corrected chi connectivity index (χ3v) is 24.4. The van der Waals surface area contributed by atoms with Gasteiger partial charge >= 0.3 is 5.97 Å². The van der Waals surface area contributed by atoms with Crippen LogP contribution in [0.4, 0.5) is 0 Å². The lowest BCUT2D eigenvalue weighted by molar-refractivity contribution is -0.143. The summed E-state index contributed by atoms with van der Waals surface area (Å²) in [6.07, 6.45) is -3.58. The van der Waals surface area contributed by atoms with Crippen LogP contribution in [0.15, 0.2) is 127 Å². The van der Waals surface area contributed by atoms with Crippen LogP contribution in [-0.2, 0) is 114 Å². The lowest BCUT2D eigenvalue weighted by Crippen LogP contribution is -2.64. The Morgan fingerprint density at radius 2 is 0.986 bits per heavy atom. The highest BCUT2D eigenvalue weighted by Gasteiger charge is 2.44. The minimum atomic E-state index is -2.33. The van der Waals surface area contributed by atoms with Crippen LogP contribution in [0.3, 0.4) is 0 Å². The van der Waals surface area contributed by atoms with Crippen LogP contribution in [0.2, 0.25) is 0 Å². The number of ether oxygens (including phenoxy) is 1. The summed E-state index contributed by atoms with van der Waals surface area (Å²) in [5, 5.41) is 69.4. The molecule has 22 N–H and O–H groups in total. The summed E-state index contributed by atoms with van der Waals surface area (Å²) in [6.45, 7) is 19.4. The average Bonchev–Trinajstić information content (AvgIpc) is 0.927. The Kier molecular flexibility index (Phi) is 44.5. The lowest BCUT2D eigenvalue weighted by atomic mass is 9.85. The van der Waals surface area contributed by atoms with Gasteiger partial charge in [-0.1, -0.05) is 183 Å². The number of carboxylic acids is 1. The molecule has 16 amide bonds. The molecule has 0 radical (unpaired) electrons. The fourth-order valence-corrected chi connectivity index (χ4v) is 16.2. The number of carbonyl (C=O) groups is 18. The van der Waals surface area contributed by atoms with E-state index in [0.29, 0.717) is 34.2 Å². The molecule has 7 rings (SSSR count). The number of tetrazole rings is 1. The van der Waals surface area contributed by atoms with Crippen molar-refractivity contribution in [3.8, 4) is 16.9 Å². The van der Waals surface area contributed by atoms with E-state index in [2.05, 4.69) is 89.7 Å². The maximum Gasteiger partial charge on any atom is 0.335 e. The number of nitrogens with two attached hydrogens (primary N) is 3. The van der Waals surface area contributed by atoms with Crippen molar-refractivity contribution >= 4 is 118 Å². The van der Waals surface area contributed by atoms with Gasteiger partial charge in [0.15, 0.2) is 11.6 Å². The molecule has 2 heterocycles. The van der Waals surface area contributed by atoms with Crippen molar-refractivity contribution in [1.29, 1.82) is 0 Å². The Hall–Kier alpha value is -14.1. The molecular formula is C98H135N21O21S. The molecule has 43 heteroatoms. The number of carbonyl (C=O) groups excluding carboxylic acids is 17. The molecule has 6 aromatic rings. The van der Waals surface area contributed by atoms with Crippen LogP contribution in [0.5, 0.6) is 5.75 Å². The predicted molar refractivity (Wildman–Crippen MR) is 522 cm³/mol. The van der Waals surface area contributed by atoms with E-state index in [0.717, 1.165) is 28.5 Å². The molecule has 0 saturated carbocycles. The van der Waals surface area contributed by atoms with Crippen molar-refractivity contribution in [3.63, 3.8) is 0 Å². The number of thioether (sulfide) groups is 1. The molecule has 141 heavy (non-hydrogen) atoms. The van der Waals surface area contributed by atoms with Gasteiger partial charge in [-0.25, -0.2) is 4.79 Å². The molecule has 0 bridgehead atoms. The number of likely N-dealkylation sites (N-methyl/N-ethyl adjacent to an activating group) is 1. The van der Waals surface area contributed by atoms with E-state index in [1.54, 1.807) is 137 Å². The zero-order valence-corrected chi connectivity index (χ0v) is 82.7. The molecule has 5 aromatic carbocycles. The van der Waals surface area contributed by atoms with Crippen LogP contribution in [0, 0.1) is 42.4 Å². The van der Waals surface area contributed by atoms with E-state index in [-0.39, 0.29) is 86.4 Å². The average molecular weight is 1980 g/mol. The van der Waals surface area contributed by atoms with Crippen LogP contribution in [-0.4, -0.2) is 265 Å². The molecule has 0 spiro atoms. The molecule has 1 aliphatic heterocycles. The normalized spacial score (nSPS) is 23.2. The second-order valence-electron chi connectivity index (χ2n) is 37.4. The van der Waals surface area contributed by atoms with Crippen molar-refractivity contribution in [2.24, 2.45) is 52.7 Å². The number of hydrogen-bond donors (Lipinski definition) is 19. The van der Waals surface area contributed by atoms with Crippen molar-refractivity contribution in [1.82, 2.24) is 94.6 Å². The molecule has 1 aliphatic rings. The topological polar surface area (TPSA) is 649 Å². The van der Waals surface area contributed by atoms with Crippen LogP contribution in [0.25, 0.3) is 11.1 Å². The highest BCUT2D eigenvalue weighted by molar-refractivity contribution is 8.00. The summed E-state index contributed by atoms with van der Waals surface area (Å²) in [7, 11) is 1.29. The van der Waals surface area contributed by atoms with E-state index < -0.39 is 252 Å². The van der Waals surface area contributed by atoms with Crippen molar-refractivity contribution in [2.75, 3.05) is 44.9 Å². The van der Waals surface area contributed by atoms with E-state index >= 15 is 33.6 Å². The van der Waals surface area contributed by atoms with Crippen LogP contribution < -0.4 is 91.1 Å². The fourth-order valence-electron chi connectivity index (χ4n) is 15.4. The zero-order chi connectivity index (χ0) is 104. The minimum absolute atomic E-state index is 0.0826. The first-order valence-corrected chi connectivity index (χ1v) is 47.9. The maximum absolute atomic E-state index is 15.6. The number of nitrogens with one attached hydrogen (secondary N) is 14. The Bertz CT molecular complexity index is 5320. The van der Waals surface area contributed by atoms with Gasteiger partial charge in [0.05, 0.1) is 36.9 Å². The van der Waals surface area contributed by atoms with E-state index in [4.69, 9.17) is 21.9 Å². The van der Waals surface area contributed by atoms with Gasteiger partial charge in [0.2, 0.25) is 94.5 Å². The molecular weight excluding hydrogens is 1840 g/mol. The second-order valence-corrected chi connectivity index (χ2v) is 38.5. The number of aromatic nitrogens is 4. The first kappa shape index (κ1) is 114. The SMILES string of the molecule is Cc1cccc(C[C@@H]2NC(=O)[C@H](Cc3nn[nH]n3)NC(=O)[C@H](Cc3ccc(C(=O)O)cc3)NC(=O)[C@H](Cc3ccc(OCCN)cc3)NC(=O)CSC[C@@H](C(=O)NCC(N)=O)NC(=O)[C@](C)(CO)NC(=O)[C@H](C(C)C)CC(=O)[C@H](CC(C)C)NC(=O)[C@H](CC(N)=O)NC(=O)[C@@H](CC(C)C)NC(=O)[C@H](C)N(C)C(=O)[C@H](C(C)C)NC(=O)[C@H](Cc3ccc(-c4ccccc4)cc3)NC(=O)[C@H](CC(C)C)NC2=O)c1. The van der Waals surface area contributed by atoms with Gasteiger partial charge < -0.3 is 106 Å². The number of aryl methyl sites for hydroxylation is 1. The highest BCUT2D eigenvalue weighted by atomic mass is 32.2. The Balaban J connectivity index is 1.36. The number of aliphatic hydroxyl groups is 1. The summed E-state index contributed by atoms with van der Waals surface area (Å²) in [6, 6.07) is 15.8. The van der Waals surface area contributed by atoms with Crippen molar-refractivity contribution in [3.05, 3.63) is 167 Å². The quantitative estimate of drug-likeness (QED) is 0.0294. The highest BCUT2D eigenvalue weighted by Crippen LogP contribution is 2.26. The molecule has 42 nitrogen and oxygen atoms in total. The third-order valence-electron chi connectivity index (χ3n) is 23.4. The molecule has 1 saturated heterocycles. The number of aliphatic hydroxyl groups excluding tert-OH is 1. The first-order chi connectivity index (χ1) is 66.6. The van der Waals surface area contributed by atoms with Crippen molar-refractivity contribution in [2.45, 2.75) is 232 Å². The van der Waals surface area contributed by atoms with Gasteiger partial charge in [-0.2, -0.15) is 5.21 Å². The smallest absolute Gasteiger partial charge is 0.335 e. The number of carboxylic acid groups (broad SMARTS) is 1. The molecule has 0 aliphatic carbocycles. The summed E-state index contributed by atoms with van der Waals surface area (Å²) >= 11 is 0.703. The Morgan fingerprint density at radius 1 is 0.525 bits per heavy atom. The number of amides is 16. The summed E-state index contributed by atoms with van der Waals surface area (Å²) < 4.78 is 5.70. The Labute approximate surface area is 823 Å². The number of hydrogen-bond acceptors (Lipinski definition) is 25. The third kappa shape index (κ3) is 36.6. The molecule has 1 aromatic heterocycles. The monoisotopic (exact) mass is 1970 g/mol. The molecule has 14 atom stereocenters. The standard InChI is InChI=1S/C98H135N21O21S/c1-52(2)37-68-78(121)45-67(55(7)8)85(126)114-98(13,51-120)97(139)112-77(86(127)102-48-80(101)123)49-141-50-82(124)103-71(41-61-27-33-66(34-28-61)140-36-35-99)89(130)107-72(42-60-25-31-65(32-26-60)96(137)138)90(131)111-76(47-81-115-117-118-116-81)93(134)109-74(44-62-20-18-19-57(11)40-62)91(132)106-70(39-54(5)6)88(129)108-73(43-59-23-29-64(30-24-59)63-21-16-15-17-22-63)94(135)113-83(56(9)10)95(136)119(14)58(12)84(125)105-69(38-53(3)4)87(128)110-75(46-79(100)122)92(133)104-68/h15-34,40,52-56,58,67-77,83,120H,35-39,41-51,99H2,1-14H3,(H2,100,122)(H2,101,123)(H,102,127)(H,103,124)(H,104,133)(H,105,125)(H,106,132)(H,107,130)(H,108,129)(H,109,134)(H,110,128)(H,111,131)(H,112,139)(H,113,135)(H,114,126)(H,137,138)(H,115,116,117,118)/t58-,67-,68-,69+,70-,71-,72-,73-,74-,75-,76-,77-,83-,98-/m0/s1. The van der Waals surface area contributed by atoms with E-state index in [9.17, 15) is 63.0 Å². The predicted octanol–water partition coefficient (Wildman–Crippen LogP) is 0.0204. The summed E-state index contributed by atoms with van der Waals surface area (Å²) in [5.74, 6) is -22.8. The number of aromatic amines is 1. The number of primary amides is 2. The number of benzene rings is 5. The molecule has 1 fully saturated rings. The van der Waals surface area contributed by atoms with Gasteiger partial charge in [0.1, 0.15) is 84.4 Å². The lowest BCUT2D eigenvalue weighted by Gasteiger charge is -2.33.